The SMILES string of the molecule is C#CCCC1(CCC(=O)NCCCN(Cc2cccnc2)S(C)(=O)=O)N=N1. The molecule has 2 rings (SSSR count). The number of hydrogen-bond donors (Lipinski definition) is 1. The first-order chi connectivity index (χ1) is 12.8. The molecule has 1 N–H and O–H groups in total. The second-order valence-electron chi connectivity index (χ2n) is 6.55. The van der Waals surface area contributed by atoms with Gasteiger partial charge in [0.05, 0.1) is 6.26 Å². The molecule has 1 aromatic heterocycles. The van der Waals surface area contributed by atoms with Crippen LogP contribution in [-0.4, -0.2) is 48.6 Å². The number of carbonyl (C=O) groups excluding carboxylic acids is 1. The first-order valence-electron chi connectivity index (χ1n) is 8.83. The van der Waals surface area contributed by atoms with Crippen LogP contribution < -0.4 is 5.32 Å². The van der Waals surface area contributed by atoms with Crippen LogP contribution in [0.5, 0.6) is 0 Å². The fourth-order valence-electron chi connectivity index (χ4n) is 2.61. The van der Waals surface area contributed by atoms with Crippen molar-refractivity contribution in [3.05, 3.63) is 30.1 Å². The van der Waals surface area contributed by atoms with Crippen molar-refractivity contribution >= 4 is 15.9 Å². The lowest BCUT2D eigenvalue weighted by molar-refractivity contribution is -0.121. The number of sulfonamides is 1. The Morgan fingerprint density at radius 1 is 1.37 bits per heavy atom. The molecule has 0 atom stereocenters. The molecule has 0 saturated heterocycles. The zero-order valence-electron chi connectivity index (χ0n) is 15.5. The van der Waals surface area contributed by atoms with Crippen LogP contribution in [0.25, 0.3) is 0 Å². The van der Waals surface area contributed by atoms with Gasteiger partial charge in [0, 0.05) is 57.7 Å². The van der Waals surface area contributed by atoms with Gasteiger partial charge in [0.15, 0.2) is 5.66 Å². The molecular formula is C18H25N5O3S. The van der Waals surface area contributed by atoms with Gasteiger partial charge in [0.1, 0.15) is 0 Å². The lowest BCUT2D eigenvalue weighted by Crippen LogP contribution is -2.33. The van der Waals surface area contributed by atoms with Gasteiger partial charge in [-0.2, -0.15) is 14.5 Å². The van der Waals surface area contributed by atoms with Crippen molar-refractivity contribution in [1.29, 1.82) is 0 Å². The molecule has 0 spiro atoms. The second kappa shape index (κ2) is 9.58. The molecule has 1 aliphatic rings. The molecule has 0 radical (unpaired) electrons. The van der Waals surface area contributed by atoms with Crippen LogP contribution in [0.3, 0.4) is 0 Å². The van der Waals surface area contributed by atoms with Gasteiger partial charge in [-0.05, 0) is 18.1 Å². The van der Waals surface area contributed by atoms with E-state index in [2.05, 4.69) is 26.4 Å². The van der Waals surface area contributed by atoms with Crippen LogP contribution in [0.2, 0.25) is 0 Å². The first kappa shape index (κ1) is 21.0. The third-order valence-corrected chi connectivity index (χ3v) is 5.51. The van der Waals surface area contributed by atoms with Gasteiger partial charge in [0.2, 0.25) is 15.9 Å². The molecule has 1 amide bonds. The molecule has 0 aromatic carbocycles. The Hall–Kier alpha value is -2.31. The number of pyridine rings is 1. The van der Waals surface area contributed by atoms with Crippen molar-refractivity contribution in [2.45, 2.75) is 44.3 Å². The number of carbonyl (C=O) groups is 1. The topological polar surface area (TPSA) is 104 Å². The van der Waals surface area contributed by atoms with Gasteiger partial charge in [-0.1, -0.05) is 6.07 Å². The largest absolute Gasteiger partial charge is 0.356 e. The number of amides is 1. The Bertz CT molecular complexity index is 796. The highest BCUT2D eigenvalue weighted by Crippen LogP contribution is 2.37. The predicted molar refractivity (Wildman–Crippen MR) is 102 cm³/mol. The van der Waals surface area contributed by atoms with Crippen LogP contribution in [0, 0.1) is 12.3 Å². The van der Waals surface area contributed by atoms with Crippen LogP contribution >= 0.6 is 0 Å². The van der Waals surface area contributed by atoms with Crippen molar-refractivity contribution in [3.8, 4) is 12.3 Å². The number of nitrogens with one attached hydrogen (secondary N) is 1. The summed E-state index contributed by atoms with van der Waals surface area (Å²) in [6.45, 7) is 0.996. The predicted octanol–water partition coefficient (Wildman–Crippen LogP) is 1.71. The zero-order chi connectivity index (χ0) is 19.8. The minimum Gasteiger partial charge on any atom is -0.356 e. The highest BCUT2D eigenvalue weighted by atomic mass is 32.2. The summed E-state index contributed by atoms with van der Waals surface area (Å²) < 4.78 is 25.3. The standard InChI is InChI=1S/C18H25N5O3S/c1-3-4-9-18(21-22-18)10-8-17(24)20-12-6-13-23(27(2,25)26)15-16-7-5-11-19-14-16/h1,5,7,11,14H,4,6,8-10,12-13,15H2,2H3,(H,20,24). The zero-order valence-corrected chi connectivity index (χ0v) is 16.3. The Balaban J connectivity index is 1.69. The summed E-state index contributed by atoms with van der Waals surface area (Å²) in [5.74, 6) is 2.46. The van der Waals surface area contributed by atoms with E-state index in [0.717, 1.165) is 5.56 Å². The minimum absolute atomic E-state index is 0.0921. The van der Waals surface area contributed by atoms with Crippen molar-refractivity contribution in [2.75, 3.05) is 19.3 Å². The highest BCUT2D eigenvalue weighted by Gasteiger charge is 2.39. The molecule has 8 nitrogen and oxygen atoms in total. The molecular weight excluding hydrogens is 366 g/mol. The van der Waals surface area contributed by atoms with E-state index in [0.29, 0.717) is 45.2 Å². The van der Waals surface area contributed by atoms with Crippen LogP contribution in [0.4, 0.5) is 0 Å². The molecule has 146 valence electrons. The van der Waals surface area contributed by atoms with E-state index < -0.39 is 15.7 Å². The van der Waals surface area contributed by atoms with Crippen molar-refractivity contribution < 1.29 is 13.2 Å². The summed E-state index contributed by atoms with van der Waals surface area (Å²) in [6.07, 6.45) is 12.4. The van der Waals surface area contributed by atoms with Crippen LogP contribution in [-0.2, 0) is 21.4 Å². The van der Waals surface area contributed by atoms with Crippen molar-refractivity contribution in [3.63, 3.8) is 0 Å². The van der Waals surface area contributed by atoms with Gasteiger partial charge in [-0.25, -0.2) is 8.42 Å². The quantitative estimate of drug-likeness (QED) is 0.432. The number of aromatic nitrogens is 1. The Labute approximate surface area is 160 Å². The normalized spacial score (nSPS) is 14.7. The molecule has 2 heterocycles. The summed E-state index contributed by atoms with van der Waals surface area (Å²) in [5, 5.41) is 10.8. The third-order valence-electron chi connectivity index (χ3n) is 4.26. The third kappa shape index (κ3) is 7.45. The van der Waals surface area contributed by atoms with Gasteiger partial charge in [-0.3, -0.25) is 9.78 Å². The smallest absolute Gasteiger partial charge is 0.220 e. The fourth-order valence-corrected chi connectivity index (χ4v) is 3.46. The highest BCUT2D eigenvalue weighted by molar-refractivity contribution is 7.88. The van der Waals surface area contributed by atoms with E-state index in [1.807, 2.05) is 6.07 Å². The minimum atomic E-state index is -3.34. The van der Waals surface area contributed by atoms with E-state index in [4.69, 9.17) is 6.42 Å². The van der Waals surface area contributed by atoms with E-state index >= 15 is 0 Å². The molecule has 27 heavy (non-hydrogen) atoms. The Morgan fingerprint density at radius 3 is 2.74 bits per heavy atom. The maximum absolute atomic E-state index is 12.0. The van der Waals surface area contributed by atoms with Gasteiger partial charge in [-0.15, -0.1) is 12.3 Å². The Kier molecular flexibility index (Phi) is 7.45. The number of terminal acetylenes is 1. The number of nitrogens with zero attached hydrogens (tertiary/aromatic N) is 4. The van der Waals surface area contributed by atoms with E-state index in [1.165, 1.54) is 10.6 Å². The molecule has 0 fully saturated rings. The van der Waals surface area contributed by atoms with E-state index in [9.17, 15) is 13.2 Å². The van der Waals surface area contributed by atoms with Gasteiger partial charge < -0.3 is 5.32 Å². The Morgan fingerprint density at radius 2 is 2.15 bits per heavy atom. The summed E-state index contributed by atoms with van der Waals surface area (Å²) in [4.78, 5) is 15.9. The summed E-state index contributed by atoms with van der Waals surface area (Å²) in [5.41, 5.74) is 0.363. The summed E-state index contributed by atoms with van der Waals surface area (Å²) >= 11 is 0. The van der Waals surface area contributed by atoms with Crippen LogP contribution in [0.1, 0.15) is 37.7 Å². The van der Waals surface area contributed by atoms with Gasteiger partial charge >= 0.3 is 0 Å². The lowest BCUT2D eigenvalue weighted by Gasteiger charge is -2.20. The maximum Gasteiger partial charge on any atom is 0.220 e. The monoisotopic (exact) mass is 391 g/mol. The van der Waals surface area contributed by atoms with E-state index in [1.54, 1.807) is 18.5 Å². The maximum atomic E-state index is 12.0. The molecule has 1 aliphatic heterocycles. The van der Waals surface area contributed by atoms with Crippen molar-refractivity contribution in [2.24, 2.45) is 10.2 Å². The first-order valence-corrected chi connectivity index (χ1v) is 10.7. The molecule has 9 heteroatoms. The molecule has 0 aliphatic carbocycles. The average Bonchev–Trinajstić information content (AvgIpc) is 3.41. The average molecular weight is 391 g/mol. The van der Waals surface area contributed by atoms with Crippen molar-refractivity contribution in [1.82, 2.24) is 14.6 Å². The lowest BCUT2D eigenvalue weighted by atomic mass is 10.0. The second-order valence-corrected chi connectivity index (χ2v) is 8.53. The van der Waals surface area contributed by atoms with Crippen LogP contribution in [0.15, 0.2) is 34.8 Å². The molecule has 0 saturated carbocycles. The van der Waals surface area contributed by atoms with Gasteiger partial charge in [0.25, 0.3) is 0 Å². The summed E-state index contributed by atoms with van der Waals surface area (Å²) in [7, 11) is -3.34. The summed E-state index contributed by atoms with van der Waals surface area (Å²) in [6, 6.07) is 3.60. The fraction of sp³-hybridized carbons (Fsp3) is 0.556. The molecule has 0 bridgehead atoms. The van der Waals surface area contributed by atoms with E-state index in [-0.39, 0.29) is 12.5 Å². The molecule has 1 aromatic rings. The number of hydrogen-bond acceptors (Lipinski definition) is 6. The molecule has 0 unspecified atom stereocenters. The number of rotatable bonds is 12.